The van der Waals surface area contributed by atoms with Crippen molar-refractivity contribution >= 4 is 11.9 Å². The number of rotatable bonds is 6. The van der Waals surface area contributed by atoms with E-state index in [-0.39, 0.29) is 18.3 Å². The van der Waals surface area contributed by atoms with E-state index >= 15 is 0 Å². The third kappa shape index (κ3) is 4.96. The van der Waals surface area contributed by atoms with Crippen LogP contribution in [0, 0.1) is 5.92 Å². The van der Waals surface area contributed by atoms with Crippen LogP contribution in [0.4, 0.5) is 0 Å². The molecule has 0 saturated carbocycles. The second-order valence-corrected chi connectivity index (χ2v) is 3.87. The summed E-state index contributed by atoms with van der Waals surface area (Å²) < 4.78 is 4.76. The first-order chi connectivity index (χ1) is 7.72. The predicted molar refractivity (Wildman–Crippen MR) is 60.7 cm³/mol. The van der Waals surface area contributed by atoms with Gasteiger partial charge in [0.15, 0.2) is 0 Å². The summed E-state index contributed by atoms with van der Waals surface area (Å²) in [5.74, 6) is 0.131. The number of ether oxygens (including phenoxy) is 1. The van der Waals surface area contributed by atoms with Crippen LogP contribution in [0.25, 0.3) is 0 Å². The highest BCUT2D eigenvalue weighted by molar-refractivity contribution is 5.77. The van der Waals surface area contributed by atoms with E-state index in [4.69, 9.17) is 4.74 Å². The fourth-order valence-corrected chi connectivity index (χ4v) is 1.71. The summed E-state index contributed by atoms with van der Waals surface area (Å²) >= 11 is 0. The van der Waals surface area contributed by atoms with Crippen LogP contribution in [0.15, 0.2) is 12.2 Å². The Morgan fingerprint density at radius 3 is 2.94 bits per heavy atom. The molecule has 0 spiro atoms. The Bertz CT molecular complexity index is 273. The van der Waals surface area contributed by atoms with Crippen molar-refractivity contribution < 1.29 is 14.3 Å². The van der Waals surface area contributed by atoms with Gasteiger partial charge in [-0.15, -0.1) is 0 Å². The lowest BCUT2D eigenvalue weighted by molar-refractivity contribution is -0.143. The van der Waals surface area contributed by atoms with Crippen molar-refractivity contribution in [1.82, 2.24) is 5.32 Å². The first-order valence-electron chi connectivity index (χ1n) is 5.81. The molecule has 1 rings (SSSR count). The second kappa shape index (κ2) is 7.04. The number of esters is 1. The van der Waals surface area contributed by atoms with Gasteiger partial charge in [0.2, 0.25) is 5.91 Å². The summed E-state index contributed by atoms with van der Waals surface area (Å²) in [5.41, 5.74) is 0. The van der Waals surface area contributed by atoms with Gasteiger partial charge in [0, 0.05) is 13.0 Å². The van der Waals surface area contributed by atoms with Crippen molar-refractivity contribution in [2.24, 2.45) is 5.92 Å². The van der Waals surface area contributed by atoms with Gasteiger partial charge in [-0.3, -0.25) is 9.59 Å². The minimum absolute atomic E-state index is 0.0147. The zero-order valence-electron chi connectivity index (χ0n) is 9.70. The zero-order valence-corrected chi connectivity index (χ0v) is 9.70. The van der Waals surface area contributed by atoms with Gasteiger partial charge in [0.05, 0.1) is 13.0 Å². The van der Waals surface area contributed by atoms with Crippen LogP contribution in [-0.4, -0.2) is 25.0 Å². The highest BCUT2D eigenvalue weighted by Crippen LogP contribution is 2.19. The summed E-state index contributed by atoms with van der Waals surface area (Å²) in [4.78, 5) is 22.4. The quantitative estimate of drug-likeness (QED) is 0.549. The molecule has 0 aromatic carbocycles. The predicted octanol–water partition coefficient (Wildman–Crippen LogP) is 1.41. The number of allylic oxidation sites excluding steroid dienone is 2. The molecule has 1 amide bonds. The first-order valence-corrected chi connectivity index (χ1v) is 5.81. The molecule has 4 heteroatoms. The summed E-state index contributed by atoms with van der Waals surface area (Å²) in [6, 6.07) is 0. The van der Waals surface area contributed by atoms with E-state index in [2.05, 4.69) is 17.5 Å². The standard InChI is InChI=1S/C12H19NO3/c1-2-16-12(15)7-8-13-11(14)9-10-5-3-4-6-10/h3,5,10H,2,4,6-9H2,1H3,(H,13,14). The fraction of sp³-hybridized carbons (Fsp3) is 0.667. The molecule has 1 unspecified atom stereocenters. The van der Waals surface area contributed by atoms with Crippen LogP contribution in [0.5, 0.6) is 0 Å². The number of carbonyl (C=O) groups is 2. The summed E-state index contributed by atoms with van der Waals surface area (Å²) in [5, 5.41) is 2.73. The van der Waals surface area contributed by atoms with Crippen molar-refractivity contribution in [2.45, 2.75) is 32.6 Å². The molecule has 1 aliphatic rings. The Morgan fingerprint density at radius 1 is 1.50 bits per heavy atom. The molecule has 0 aromatic rings. The molecule has 4 nitrogen and oxygen atoms in total. The van der Waals surface area contributed by atoms with Crippen LogP contribution in [0.3, 0.4) is 0 Å². The molecule has 1 N–H and O–H groups in total. The lowest BCUT2D eigenvalue weighted by Gasteiger charge is -2.08. The highest BCUT2D eigenvalue weighted by Gasteiger charge is 2.13. The van der Waals surface area contributed by atoms with E-state index in [9.17, 15) is 9.59 Å². The minimum atomic E-state index is -0.261. The molecular weight excluding hydrogens is 206 g/mol. The van der Waals surface area contributed by atoms with Gasteiger partial charge in [0.1, 0.15) is 0 Å². The van der Waals surface area contributed by atoms with Gasteiger partial charge >= 0.3 is 5.97 Å². The van der Waals surface area contributed by atoms with Crippen molar-refractivity contribution in [3.63, 3.8) is 0 Å². The Balaban J connectivity index is 2.06. The number of hydrogen-bond donors (Lipinski definition) is 1. The topological polar surface area (TPSA) is 55.4 Å². The van der Waals surface area contributed by atoms with Gasteiger partial charge in [-0.1, -0.05) is 12.2 Å². The van der Waals surface area contributed by atoms with Crippen molar-refractivity contribution in [1.29, 1.82) is 0 Å². The van der Waals surface area contributed by atoms with Crippen molar-refractivity contribution in [3.05, 3.63) is 12.2 Å². The molecule has 0 bridgehead atoms. The van der Waals surface area contributed by atoms with Crippen molar-refractivity contribution in [3.8, 4) is 0 Å². The maximum Gasteiger partial charge on any atom is 0.307 e. The number of amides is 1. The molecule has 16 heavy (non-hydrogen) atoms. The minimum Gasteiger partial charge on any atom is -0.466 e. The fourth-order valence-electron chi connectivity index (χ4n) is 1.71. The molecular formula is C12H19NO3. The Kier molecular flexibility index (Phi) is 5.61. The molecule has 90 valence electrons. The lowest BCUT2D eigenvalue weighted by Crippen LogP contribution is -2.27. The zero-order chi connectivity index (χ0) is 11.8. The van der Waals surface area contributed by atoms with E-state index in [0.29, 0.717) is 25.5 Å². The largest absolute Gasteiger partial charge is 0.466 e. The van der Waals surface area contributed by atoms with Gasteiger partial charge in [-0.25, -0.2) is 0 Å². The Morgan fingerprint density at radius 2 is 2.31 bits per heavy atom. The maximum atomic E-state index is 11.4. The summed E-state index contributed by atoms with van der Waals surface area (Å²) in [6.45, 7) is 2.52. The third-order valence-electron chi connectivity index (χ3n) is 2.52. The summed E-state index contributed by atoms with van der Waals surface area (Å²) in [7, 11) is 0. The average Bonchev–Trinajstić information content (AvgIpc) is 2.70. The van der Waals surface area contributed by atoms with E-state index in [1.165, 1.54) is 0 Å². The first kappa shape index (κ1) is 12.7. The molecule has 0 aliphatic heterocycles. The summed E-state index contributed by atoms with van der Waals surface area (Å²) in [6.07, 6.45) is 7.10. The molecule has 0 fully saturated rings. The monoisotopic (exact) mass is 225 g/mol. The van der Waals surface area contributed by atoms with Crippen LogP contribution in [0.2, 0.25) is 0 Å². The highest BCUT2D eigenvalue weighted by atomic mass is 16.5. The molecule has 0 heterocycles. The lowest BCUT2D eigenvalue weighted by atomic mass is 10.1. The SMILES string of the molecule is CCOC(=O)CCNC(=O)CC1C=CCC1. The van der Waals surface area contributed by atoms with E-state index in [1.54, 1.807) is 6.92 Å². The molecule has 1 aliphatic carbocycles. The van der Waals surface area contributed by atoms with Crippen LogP contribution >= 0.6 is 0 Å². The smallest absolute Gasteiger partial charge is 0.307 e. The van der Waals surface area contributed by atoms with E-state index in [0.717, 1.165) is 12.8 Å². The average molecular weight is 225 g/mol. The molecule has 0 saturated heterocycles. The van der Waals surface area contributed by atoms with Crippen LogP contribution in [0.1, 0.15) is 32.6 Å². The van der Waals surface area contributed by atoms with E-state index in [1.807, 2.05) is 0 Å². The third-order valence-corrected chi connectivity index (χ3v) is 2.52. The Labute approximate surface area is 96.0 Å². The maximum absolute atomic E-state index is 11.4. The second-order valence-electron chi connectivity index (χ2n) is 3.87. The number of nitrogens with one attached hydrogen (secondary N) is 1. The van der Waals surface area contributed by atoms with E-state index < -0.39 is 0 Å². The normalized spacial score (nSPS) is 18.4. The van der Waals surface area contributed by atoms with Crippen LogP contribution in [-0.2, 0) is 14.3 Å². The van der Waals surface area contributed by atoms with Gasteiger partial charge in [-0.05, 0) is 25.7 Å². The van der Waals surface area contributed by atoms with Crippen molar-refractivity contribution in [2.75, 3.05) is 13.2 Å². The van der Waals surface area contributed by atoms with Crippen LogP contribution < -0.4 is 5.32 Å². The van der Waals surface area contributed by atoms with Gasteiger partial charge in [-0.2, -0.15) is 0 Å². The molecule has 0 aromatic heterocycles. The number of carbonyl (C=O) groups excluding carboxylic acids is 2. The van der Waals surface area contributed by atoms with Gasteiger partial charge < -0.3 is 10.1 Å². The molecule has 0 radical (unpaired) electrons. The molecule has 1 atom stereocenters. The Hall–Kier alpha value is -1.32. The number of hydrogen-bond acceptors (Lipinski definition) is 3. The van der Waals surface area contributed by atoms with Gasteiger partial charge in [0.25, 0.3) is 0 Å².